The van der Waals surface area contributed by atoms with Crippen LogP contribution in [0.4, 0.5) is 0 Å². The number of hydrogen-bond acceptors (Lipinski definition) is 4. The van der Waals surface area contributed by atoms with E-state index in [1.807, 2.05) is 0 Å². The summed E-state index contributed by atoms with van der Waals surface area (Å²) in [6.45, 7) is 0. The third-order valence-corrected chi connectivity index (χ3v) is 5.25. The average Bonchev–Trinajstić information content (AvgIpc) is 2.63. The largest absolute Gasteiger partial charge is 0.481 e. The molecule has 0 saturated heterocycles. The van der Waals surface area contributed by atoms with E-state index >= 15 is 0 Å². The fraction of sp³-hybridized carbons (Fsp3) is 0.632. The number of aromatic nitrogens is 1. The topological polar surface area (TPSA) is 88.5 Å². The highest BCUT2D eigenvalue weighted by Crippen LogP contribution is 2.25. The van der Waals surface area contributed by atoms with E-state index in [1.54, 1.807) is 18.3 Å². The van der Waals surface area contributed by atoms with Crippen molar-refractivity contribution in [3.63, 3.8) is 0 Å². The van der Waals surface area contributed by atoms with Gasteiger partial charge in [0.25, 0.3) is 5.91 Å². The second-order valence-corrected chi connectivity index (χ2v) is 7.12. The summed E-state index contributed by atoms with van der Waals surface area (Å²) in [5.41, 5.74) is 0.543. The van der Waals surface area contributed by atoms with Crippen LogP contribution in [0.2, 0.25) is 0 Å². The van der Waals surface area contributed by atoms with E-state index in [0.717, 1.165) is 12.8 Å². The molecule has 0 spiro atoms. The van der Waals surface area contributed by atoms with Gasteiger partial charge in [-0.15, -0.1) is 0 Å². The smallest absolute Gasteiger partial charge is 0.306 e. The molecule has 3 rings (SSSR count). The van der Waals surface area contributed by atoms with Gasteiger partial charge in [0.15, 0.2) is 0 Å². The Kier molecular flexibility index (Phi) is 5.89. The second kappa shape index (κ2) is 8.32. The maximum absolute atomic E-state index is 12.5. The van der Waals surface area contributed by atoms with E-state index in [4.69, 9.17) is 9.84 Å². The molecule has 1 aromatic heterocycles. The number of carboxylic acids is 1. The molecule has 136 valence electrons. The van der Waals surface area contributed by atoms with Gasteiger partial charge in [0.2, 0.25) is 5.88 Å². The minimum Gasteiger partial charge on any atom is -0.481 e. The zero-order valence-electron chi connectivity index (χ0n) is 14.4. The van der Waals surface area contributed by atoms with Crippen molar-refractivity contribution in [2.75, 3.05) is 0 Å². The van der Waals surface area contributed by atoms with Crippen molar-refractivity contribution in [2.24, 2.45) is 5.92 Å². The number of amides is 1. The van der Waals surface area contributed by atoms with Crippen LogP contribution >= 0.6 is 0 Å². The number of carboxylic acid groups (broad SMARTS) is 1. The predicted molar refractivity (Wildman–Crippen MR) is 92.6 cm³/mol. The van der Waals surface area contributed by atoms with Crippen LogP contribution in [0.5, 0.6) is 5.88 Å². The normalized spacial score (nSPS) is 24.5. The Bertz CT molecular complexity index is 605. The van der Waals surface area contributed by atoms with Crippen LogP contribution in [-0.4, -0.2) is 34.1 Å². The quantitative estimate of drug-likeness (QED) is 0.855. The molecule has 0 aromatic carbocycles. The minimum atomic E-state index is -0.733. The summed E-state index contributed by atoms with van der Waals surface area (Å²) < 4.78 is 5.92. The van der Waals surface area contributed by atoms with Crippen LogP contribution in [0, 0.1) is 5.92 Å². The summed E-state index contributed by atoms with van der Waals surface area (Å²) in [5.74, 6) is -0.642. The van der Waals surface area contributed by atoms with Crippen molar-refractivity contribution >= 4 is 11.9 Å². The predicted octanol–water partition coefficient (Wildman–Crippen LogP) is 3.17. The van der Waals surface area contributed by atoms with Crippen LogP contribution < -0.4 is 10.1 Å². The van der Waals surface area contributed by atoms with Crippen molar-refractivity contribution in [3.8, 4) is 5.88 Å². The molecular weight excluding hydrogens is 320 g/mol. The lowest BCUT2D eigenvalue weighted by molar-refractivity contribution is -0.142. The zero-order chi connectivity index (χ0) is 17.6. The number of nitrogens with one attached hydrogen (secondary N) is 1. The van der Waals surface area contributed by atoms with E-state index in [0.29, 0.717) is 37.1 Å². The monoisotopic (exact) mass is 346 g/mol. The number of carbonyl (C=O) groups excluding carboxylic acids is 1. The Balaban J connectivity index is 1.53. The first-order valence-electron chi connectivity index (χ1n) is 9.28. The van der Waals surface area contributed by atoms with Crippen LogP contribution in [0.15, 0.2) is 18.3 Å². The SMILES string of the molecule is O=C(NC1CCC(C(=O)O)CC1)c1ccnc(OC2CCCCC2)c1. The van der Waals surface area contributed by atoms with Gasteiger partial charge in [-0.05, 0) is 57.4 Å². The van der Waals surface area contributed by atoms with Gasteiger partial charge in [-0.25, -0.2) is 4.98 Å². The number of carbonyl (C=O) groups is 2. The Labute approximate surface area is 148 Å². The van der Waals surface area contributed by atoms with Crippen LogP contribution in [0.1, 0.15) is 68.1 Å². The highest BCUT2D eigenvalue weighted by molar-refractivity contribution is 5.94. The first-order chi connectivity index (χ1) is 12.1. The Morgan fingerprint density at radius 1 is 1.08 bits per heavy atom. The van der Waals surface area contributed by atoms with Gasteiger partial charge in [0, 0.05) is 23.9 Å². The van der Waals surface area contributed by atoms with Gasteiger partial charge in [-0.1, -0.05) is 6.42 Å². The standard InChI is InChI=1S/C19H26N2O4/c22-18(21-15-8-6-13(7-9-15)19(23)24)14-10-11-20-17(12-14)25-16-4-2-1-3-5-16/h10-13,15-16H,1-9H2,(H,21,22)(H,23,24). The number of pyridine rings is 1. The lowest BCUT2D eigenvalue weighted by Gasteiger charge is -2.27. The third kappa shape index (κ3) is 4.94. The van der Waals surface area contributed by atoms with Gasteiger partial charge in [0.1, 0.15) is 6.10 Å². The summed E-state index contributed by atoms with van der Waals surface area (Å²) in [6, 6.07) is 3.43. The number of ether oxygens (including phenoxy) is 1. The molecule has 25 heavy (non-hydrogen) atoms. The Morgan fingerprint density at radius 2 is 1.80 bits per heavy atom. The molecule has 1 aromatic rings. The zero-order valence-corrected chi connectivity index (χ0v) is 14.4. The highest BCUT2D eigenvalue weighted by Gasteiger charge is 2.27. The maximum atomic E-state index is 12.5. The third-order valence-electron chi connectivity index (χ3n) is 5.25. The number of aliphatic carboxylic acids is 1. The molecule has 2 fully saturated rings. The fourth-order valence-electron chi connectivity index (χ4n) is 3.72. The second-order valence-electron chi connectivity index (χ2n) is 7.12. The molecule has 2 aliphatic carbocycles. The summed E-state index contributed by atoms with van der Waals surface area (Å²) in [7, 11) is 0. The van der Waals surface area contributed by atoms with Gasteiger partial charge in [-0.2, -0.15) is 0 Å². The van der Waals surface area contributed by atoms with Crippen LogP contribution in [0.25, 0.3) is 0 Å². The molecule has 0 aliphatic heterocycles. The van der Waals surface area contributed by atoms with E-state index in [2.05, 4.69) is 10.3 Å². The van der Waals surface area contributed by atoms with E-state index in [1.165, 1.54) is 19.3 Å². The summed E-state index contributed by atoms with van der Waals surface area (Å²) >= 11 is 0. The molecule has 6 nitrogen and oxygen atoms in total. The summed E-state index contributed by atoms with van der Waals surface area (Å²) in [6.07, 6.45) is 10.2. The molecule has 2 N–H and O–H groups in total. The highest BCUT2D eigenvalue weighted by atomic mass is 16.5. The van der Waals surface area contributed by atoms with Crippen molar-refractivity contribution in [3.05, 3.63) is 23.9 Å². The Morgan fingerprint density at radius 3 is 2.48 bits per heavy atom. The molecule has 0 unspecified atom stereocenters. The Hall–Kier alpha value is -2.11. The van der Waals surface area contributed by atoms with Gasteiger partial charge >= 0.3 is 5.97 Å². The van der Waals surface area contributed by atoms with Crippen molar-refractivity contribution in [1.29, 1.82) is 0 Å². The first kappa shape index (κ1) is 17.7. The van der Waals surface area contributed by atoms with Crippen molar-refractivity contribution < 1.29 is 19.4 Å². The molecule has 2 saturated carbocycles. The van der Waals surface area contributed by atoms with Crippen LogP contribution in [-0.2, 0) is 4.79 Å². The number of hydrogen-bond donors (Lipinski definition) is 2. The molecule has 0 bridgehead atoms. The lowest BCUT2D eigenvalue weighted by atomic mass is 9.86. The first-order valence-corrected chi connectivity index (χ1v) is 9.28. The molecule has 6 heteroatoms. The van der Waals surface area contributed by atoms with E-state index in [9.17, 15) is 9.59 Å². The fourth-order valence-corrected chi connectivity index (χ4v) is 3.72. The van der Waals surface area contributed by atoms with Gasteiger partial charge in [-0.3, -0.25) is 9.59 Å². The average molecular weight is 346 g/mol. The molecule has 2 aliphatic rings. The molecule has 0 radical (unpaired) electrons. The van der Waals surface area contributed by atoms with Crippen LogP contribution in [0.3, 0.4) is 0 Å². The molecular formula is C19H26N2O4. The molecule has 0 atom stereocenters. The van der Waals surface area contributed by atoms with E-state index in [-0.39, 0.29) is 24.0 Å². The van der Waals surface area contributed by atoms with E-state index < -0.39 is 5.97 Å². The van der Waals surface area contributed by atoms with Gasteiger partial charge in [0.05, 0.1) is 5.92 Å². The molecule has 1 amide bonds. The molecule has 1 heterocycles. The number of nitrogens with zero attached hydrogens (tertiary/aromatic N) is 1. The minimum absolute atomic E-state index is 0.0407. The van der Waals surface area contributed by atoms with Gasteiger partial charge < -0.3 is 15.2 Å². The van der Waals surface area contributed by atoms with Crippen molar-refractivity contribution in [1.82, 2.24) is 10.3 Å². The maximum Gasteiger partial charge on any atom is 0.306 e. The number of rotatable bonds is 5. The lowest BCUT2D eigenvalue weighted by Crippen LogP contribution is -2.38. The summed E-state index contributed by atoms with van der Waals surface area (Å²) in [5, 5.41) is 12.1. The van der Waals surface area contributed by atoms with Crippen molar-refractivity contribution in [2.45, 2.75) is 69.9 Å². The summed E-state index contributed by atoms with van der Waals surface area (Å²) in [4.78, 5) is 27.7.